The molecule has 2 rings (SSSR count). The van der Waals surface area contributed by atoms with Crippen LogP contribution in [0.25, 0.3) is 10.1 Å². The van der Waals surface area contributed by atoms with Crippen molar-refractivity contribution in [2.75, 3.05) is 0 Å². The average Bonchev–Trinajstić information content (AvgIpc) is 2.39. The van der Waals surface area contributed by atoms with Crippen LogP contribution in [-0.2, 0) is 0 Å². The molecule has 0 nitrogen and oxygen atoms in total. The summed E-state index contributed by atoms with van der Waals surface area (Å²) >= 11 is 12.4. The first-order valence-corrected chi connectivity index (χ1v) is 7.09. The summed E-state index contributed by atoms with van der Waals surface area (Å²) in [7, 11) is 0. The molecule has 0 aliphatic heterocycles. The largest absolute Gasteiger partial charge is 0.128 e. The highest BCUT2D eigenvalue weighted by Crippen LogP contribution is 2.44. The molecule has 13 heavy (non-hydrogen) atoms. The molecule has 0 N–H and O–H groups in total. The van der Waals surface area contributed by atoms with Gasteiger partial charge in [0.25, 0.3) is 0 Å². The molecule has 0 unspecified atom stereocenters. The zero-order valence-corrected chi connectivity index (χ0v) is 12.0. The Morgan fingerprint density at radius 3 is 2.54 bits per heavy atom. The van der Waals surface area contributed by atoms with Crippen molar-refractivity contribution in [1.29, 1.82) is 0 Å². The minimum Gasteiger partial charge on any atom is -0.128 e. The van der Waals surface area contributed by atoms with E-state index in [-0.39, 0.29) is 3.74 Å². The smallest absolute Gasteiger partial charge is 0.0971 e. The molecule has 1 heterocycles. The van der Waals surface area contributed by atoms with Crippen LogP contribution in [0.1, 0.15) is 9.30 Å². The SMILES string of the molecule is Brc1sc2ccccc2c1C(Br)Br. The van der Waals surface area contributed by atoms with Gasteiger partial charge in [-0.3, -0.25) is 0 Å². The second kappa shape index (κ2) is 4.01. The van der Waals surface area contributed by atoms with Crippen LogP contribution in [0.5, 0.6) is 0 Å². The molecule has 1 aromatic heterocycles. The molecule has 0 amide bonds. The lowest BCUT2D eigenvalue weighted by atomic mass is 10.2. The van der Waals surface area contributed by atoms with Gasteiger partial charge in [-0.1, -0.05) is 50.1 Å². The third kappa shape index (κ3) is 1.87. The third-order valence-corrected chi connectivity index (χ3v) is 4.61. The molecule has 0 aliphatic rings. The lowest BCUT2D eigenvalue weighted by molar-refractivity contribution is 1.50. The number of alkyl halides is 2. The molecule has 0 radical (unpaired) electrons. The van der Waals surface area contributed by atoms with Crippen LogP contribution in [0.15, 0.2) is 28.1 Å². The van der Waals surface area contributed by atoms with Crippen molar-refractivity contribution in [3.63, 3.8) is 0 Å². The van der Waals surface area contributed by atoms with E-state index in [0.717, 1.165) is 0 Å². The monoisotopic (exact) mass is 382 g/mol. The molecule has 1 aromatic carbocycles. The van der Waals surface area contributed by atoms with Crippen molar-refractivity contribution in [1.82, 2.24) is 0 Å². The van der Waals surface area contributed by atoms with Crippen molar-refractivity contribution >= 4 is 69.2 Å². The number of rotatable bonds is 1. The van der Waals surface area contributed by atoms with Gasteiger partial charge in [0, 0.05) is 10.3 Å². The summed E-state index contributed by atoms with van der Waals surface area (Å²) in [5.41, 5.74) is 1.28. The maximum Gasteiger partial charge on any atom is 0.0971 e. The van der Waals surface area contributed by atoms with Crippen molar-refractivity contribution in [3.8, 4) is 0 Å². The summed E-state index contributed by atoms with van der Waals surface area (Å²) in [5.74, 6) is 0. The first-order chi connectivity index (χ1) is 6.20. The maximum atomic E-state index is 3.57. The minimum absolute atomic E-state index is 0.213. The van der Waals surface area contributed by atoms with Crippen LogP contribution in [0, 0.1) is 0 Å². The number of hydrogen-bond donors (Lipinski definition) is 0. The topological polar surface area (TPSA) is 0 Å². The standard InChI is InChI=1S/C9H5Br3S/c10-8(11)7-5-3-1-2-4-6(5)13-9(7)12/h1-4,8H. The van der Waals surface area contributed by atoms with Gasteiger partial charge in [-0.05, 0) is 27.4 Å². The summed E-state index contributed by atoms with van der Waals surface area (Å²) in [6, 6.07) is 8.40. The number of benzene rings is 1. The first kappa shape index (κ1) is 10.1. The van der Waals surface area contributed by atoms with E-state index in [4.69, 9.17) is 0 Å². The number of thiophene rings is 1. The molecule has 0 aliphatic carbocycles. The Hall–Kier alpha value is 0.620. The van der Waals surface area contributed by atoms with Crippen LogP contribution in [-0.4, -0.2) is 0 Å². The zero-order chi connectivity index (χ0) is 9.42. The van der Waals surface area contributed by atoms with E-state index in [1.165, 1.54) is 19.4 Å². The van der Waals surface area contributed by atoms with Gasteiger partial charge >= 0.3 is 0 Å². The van der Waals surface area contributed by atoms with Gasteiger partial charge in [-0.2, -0.15) is 0 Å². The average molecular weight is 385 g/mol. The van der Waals surface area contributed by atoms with E-state index in [1.807, 2.05) is 0 Å². The van der Waals surface area contributed by atoms with E-state index in [1.54, 1.807) is 11.3 Å². The molecule has 0 spiro atoms. The number of fused-ring (bicyclic) bond motifs is 1. The predicted molar refractivity (Wildman–Crippen MR) is 70.1 cm³/mol. The molecule has 0 saturated carbocycles. The van der Waals surface area contributed by atoms with Gasteiger partial charge in [0.15, 0.2) is 0 Å². The molecule has 0 fully saturated rings. The summed E-state index contributed by atoms with van der Waals surface area (Å²) in [4.78, 5) is 0. The molecule has 68 valence electrons. The Bertz CT molecular complexity index is 433. The lowest BCUT2D eigenvalue weighted by Gasteiger charge is -1.99. The van der Waals surface area contributed by atoms with Crippen molar-refractivity contribution in [2.24, 2.45) is 0 Å². The summed E-state index contributed by atoms with van der Waals surface area (Å²) in [6.45, 7) is 0. The Morgan fingerprint density at radius 2 is 1.85 bits per heavy atom. The molecule has 4 heteroatoms. The minimum atomic E-state index is 0.213. The van der Waals surface area contributed by atoms with E-state index in [0.29, 0.717) is 0 Å². The number of halogens is 3. The second-order valence-electron chi connectivity index (χ2n) is 2.59. The van der Waals surface area contributed by atoms with Crippen molar-refractivity contribution < 1.29 is 0 Å². The van der Waals surface area contributed by atoms with E-state index in [2.05, 4.69) is 72.1 Å². The van der Waals surface area contributed by atoms with E-state index < -0.39 is 0 Å². The highest BCUT2D eigenvalue weighted by molar-refractivity contribution is 9.24. The summed E-state index contributed by atoms with van der Waals surface area (Å²) in [5, 5.41) is 1.30. The number of hydrogen-bond acceptors (Lipinski definition) is 1. The van der Waals surface area contributed by atoms with Crippen LogP contribution < -0.4 is 0 Å². The van der Waals surface area contributed by atoms with Gasteiger partial charge < -0.3 is 0 Å². The first-order valence-electron chi connectivity index (χ1n) is 3.65. The van der Waals surface area contributed by atoms with Crippen molar-refractivity contribution in [3.05, 3.63) is 33.6 Å². The molecule has 0 atom stereocenters. The highest BCUT2D eigenvalue weighted by atomic mass is 79.9. The Balaban J connectivity index is 2.78. The quantitative estimate of drug-likeness (QED) is 0.573. The van der Waals surface area contributed by atoms with Crippen molar-refractivity contribution in [2.45, 2.75) is 3.74 Å². The molecule has 2 aromatic rings. The third-order valence-electron chi connectivity index (χ3n) is 1.81. The Kier molecular flexibility index (Phi) is 3.13. The van der Waals surface area contributed by atoms with Gasteiger partial charge in [0.2, 0.25) is 0 Å². The Morgan fingerprint density at radius 1 is 1.15 bits per heavy atom. The van der Waals surface area contributed by atoms with Gasteiger partial charge in [-0.25, -0.2) is 0 Å². The summed E-state index contributed by atoms with van der Waals surface area (Å²) < 4.78 is 2.71. The molecule has 0 bridgehead atoms. The normalized spacial score (nSPS) is 11.4. The van der Waals surface area contributed by atoms with Crippen LogP contribution in [0.2, 0.25) is 0 Å². The molecular formula is C9H5Br3S. The lowest BCUT2D eigenvalue weighted by Crippen LogP contribution is -1.77. The van der Waals surface area contributed by atoms with E-state index >= 15 is 0 Å². The highest BCUT2D eigenvalue weighted by Gasteiger charge is 2.14. The van der Waals surface area contributed by atoms with Gasteiger partial charge in [0.05, 0.1) is 7.52 Å². The maximum absolute atomic E-state index is 3.57. The van der Waals surface area contributed by atoms with E-state index in [9.17, 15) is 0 Å². The van der Waals surface area contributed by atoms with Gasteiger partial charge in [-0.15, -0.1) is 11.3 Å². The predicted octanol–water partition coefficient (Wildman–Crippen LogP) is 5.45. The fourth-order valence-corrected chi connectivity index (χ4v) is 5.04. The summed E-state index contributed by atoms with van der Waals surface area (Å²) in [6.07, 6.45) is 0. The van der Waals surface area contributed by atoms with Crippen LogP contribution >= 0.6 is 59.1 Å². The zero-order valence-electron chi connectivity index (χ0n) is 6.43. The van der Waals surface area contributed by atoms with Crippen LogP contribution in [0.4, 0.5) is 0 Å². The fourth-order valence-electron chi connectivity index (χ4n) is 1.24. The van der Waals surface area contributed by atoms with Gasteiger partial charge in [0.1, 0.15) is 0 Å². The Labute approximate surface area is 106 Å². The second-order valence-corrected chi connectivity index (χ2v) is 8.02. The fraction of sp³-hybridized carbons (Fsp3) is 0.111. The molecular weight excluding hydrogens is 380 g/mol. The molecule has 0 saturated heterocycles. The van der Waals surface area contributed by atoms with Crippen LogP contribution in [0.3, 0.4) is 0 Å².